The second-order valence-corrected chi connectivity index (χ2v) is 6.94. The minimum atomic E-state index is -0.0884. The van der Waals surface area contributed by atoms with Gasteiger partial charge >= 0.3 is 0 Å². The molecule has 0 saturated carbocycles. The summed E-state index contributed by atoms with van der Waals surface area (Å²) in [5.41, 5.74) is 4.26. The van der Waals surface area contributed by atoms with Gasteiger partial charge in [-0.05, 0) is 60.5 Å². The Morgan fingerprint density at radius 2 is 2.00 bits per heavy atom. The normalized spacial score (nSPS) is 10.7. The van der Waals surface area contributed by atoms with Crippen LogP contribution in [0.15, 0.2) is 45.6 Å². The molecule has 6 heteroatoms. The Balaban J connectivity index is 1.85. The van der Waals surface area contributed by atoms with Crippen LogP contribution in [0.25, 0.3) is 5.69 Å². The van der Waals surface area contributed by atoms with E-state index in [0.717, 1.165) is 27.1 Å². The van der Waals surface area contributed by atoms with Gasteiger partial charge in [0.05, 0.1) is 22.6 Å². The van der Waals surface area contributed by atoms with Crippen LogP contribution in [0.1, 0.15) is 27.3 Å². The van der Waals surface area contributed by atoms with E-state index in [0.29, 0.717) is 12.1 Å². The van der Waals surface area contributed by atoms with Crippen LogP contribution in [0.2, 0.25) is 0 Å². The molecule has 0 aliphatic heterocycles. The van der Waals surface area contributed by atoms with Crippen molar-refractivity contribution in [2.24, 2.45) is 0 Å². The smallest absolute Gasteiger partial charge is 0.255 e. The number of hydrogen-bond donors (Lipinski definition) is 1. The Morgan fingerprint density at radius 1 is 1.26 bits per heavy atom. The summed E-state index contributed by atoms with van der Waals surface area (Å²) in [4.78, 5) is 12.5. The van der Waals surface area contributed by atoms with Crippen molar-refractivity contribution in [1.82, 2.24) is 15.1 Å². The molecule has 23 heavy (non-hydrogen) atoms. The average molecular weight is 390 g/mol. The quantitative estimate of drug-likeness (QED) is 0.724. The van der Waals surface area contributed by atoms with Crippen molar-refractivity contribution in [3.63, 3.8) is 0 Å². The second kappa shape index (κ2) is 6.68. The maximum Gasteiger partial charge on any atom is 0.255 e. The summed E-state index contributed by atoms with van der Waals surface area (Å²) in [5.74, 6) is -0.0884. The minimum Gasteiger partial charge on any atom is -0.348 e. The van der Waals surface area contributed by atoms with Gasteiger partial charge in [0.25, 0.3) is 5.91 Å². The summed E-state index contributed by atoms with van der Waals surface area (Å²) in [6.07, 6.45) is 0. The number of carbonyl (C=O) groups is 1. The van der Waals surface area contributed by atoms with Crippen molar-refractivity contribution >= 4 is 33.2 Å². The number of halogens is 1. The SMILES string of the molecule is Cc1nn(-c2ccc(Br)cc2)c(C)c1C(=O)NCc1ccsc1. The van der Waals surface area contributed by atoms with Crippen LogP contribution in [0.3, 0.4) is 0 Å². The number of nitrogens with zero attached hydrogens (tertiary/aromatic N) is 2. The van der Waals surface area contributed by atoms with Gasteiger partial charge in [-0.3, -0.25) is 4.79 Å². The standard InChI is InChI=1S/C17H16BrN3OS/c1-11-16(17(22)19-9-13-7-8-23-10-13)12(2)21(20-11)15-5-3-14(18)4-6-15/h3-8,10H,9H2,1-2H3,(H,19,22). The number of thiophene rings is 1. The Hall–Kier alpha value is -1.92. The zero-order chi connectivity index (χ0) is 16.4. The Kier molecular flexibility index (Phi) is 4.63. The van der Waals surface area contributed by atoms with Crippen LogP contribution in [0, 0.1) is 13.8 Å². The fourth-order valence-corrected chi connectivity index (χ4v) is 3.40. The zero-order valence-corrected chi connectivity index (χ0v) is 15.2. The molecule has 0 bridgehead atoms. The van der Waals surface area contributed by atoms with Gasteiger partial charge in [-0.1, -0.05) is 15.9 Å². The van der Waals surface area contributed by atoms with E-state index >= 15 is 0 Å². The first-order chi connectivity index (χ1) is 11.1. The van der Waals surface area contributed by atoms with Crippen LogP contribution < -0.4 is 5.32 Å². The summed E-state index contributed by atoms with van der Waals surface area (Å²) in [6, 6.07) is 9.87. The summed E-state index contributed by atoms with van der Waals surface area (Å²) >= 11 is 5.05. The number of aryl methyl sites for hydroxylation is 1. The number of rotatable bonds is 4. The molecule has 3 aromatic rings. The second-order valence-electron chi connectivity index (χ2n) is 5.25. The van der Waals surface area contributed by atoms with E-state index in [1.54, 1.807) is 16.0 Å². The average Bonchev–Trinajstić information content (AvgIpc) is 3.14. The van der Waals surface area contributed by atoms with E-state index < -0.39 is 0 Å². The Labute approximate surface area is 147 Å². The highest BCUT2D eigenvalue weighted by molar-refractivity contribution is 9.10. The van der Waals surface area contributed by atoms with Crippen molar-refractivity contribution < 1.29 is 4.79 Å². The summed E-state index contributed by atoms with van der Waals surface area (Å²) < 4.78 is 2.82. The lowest BCUT2D eigenvalue weighted by atomic mass is 10.1. The first-order valence-electron chi connectivity index (χ1n) is 7.17. The predicted molar refractivity (Wildman–Crippen MR) is 96.2 cm³/mol. The van der Waals surface area contributed by atoms with Gasteiger partial charge in [-0.2, -0.15) is 16.4 Å². The van der Waals surface area contributed by atoms with Gasteiger partial charge in [0.2, 0.25) is 0 Å². The van der Waals surface area contributed by atoms with Gasteiger partial charge in [-0.25, -0.2) is 4.68 Å². The molecule has 0 spiro atoms. The summed E-state index contributed by atoms with van der Waals surface area (Å²) in [7, 11) is 0. The van der Waals surface area contributed by atoms with Gasteiger partial charge < -0.3 is 5.32 Å². The number of aromatic nitrogens is 2. The number of nitrogens with one attached hydrogen (secondary N) is 1. The van der Waals surface area contributed by atoms with E-state index in [1.165, 1.54) is 0 Å². The molecule has 3 rings (SSSR count). The predicted octanol–water partition coefficient (Wildman–Crippen LogP) is 4.24. The maximum atomic E-state index is 12.5. The third kappa shape index (κ3) is 3.38. The van der Waals surface area contributed by atoms with E-state index in [4.69, 9.17) is 0 Å². The lowest BCUT2D eigenvalue weighted by molar-refractivity contribution is 0.0949. The molecule has 1 aromatic carbocycles. The van der Waals surface area contributed by atoms with Crippen LogP contribution in [0.4, 0.5) is 0 Å². The highest BCUT2D eigenvalue weighted by Gasteiger charge is 2.19. The van der Waals surface area contributed by atoms with Crippen LogP contribution in [0.5, 0.6) is 0 Å². The van der Waals surface area contributed by atoms with Crippen molar-refractivity contribution in [2.45, 2.75) is 20.4 Å². The molecule has 2 heterocycles. The molecular formula is C17H16BrN3OS. The highest BCUT2D eigenvalue weighted by atomic mass is 79.9. The van der Waals surface area contributed by atoms with Crippen molar-refractivity contribution in [3.05, 3.63) is 68.1 Å². The van der Waals surface area contributed by atoms with Crippen LogP contribution >= 0.6 is 27.3 Å². The third-order valence-corrected chi connectivity index (χ3v) is 4.88. The fourth-order valence-electron chi connectivity index (χ4n) is 2.47. The van der Waals surface area contributed by atoms with E-state index in [9.17, 15) is 4.79 Å². The maximum absolute atomic E-state index is 12.5. The monoisotopic (exact) mass is 389 g/mol. The molecule has 118 valence electrons. The number of hydrogen-bond acceptors (Lipinski definition) is 3. The number of benzene rings is 1. The minimum absolute atomic E-state index is 0.0884. The molecule has 1 N–H and O–H groups in total. The summed E-state index contributed by atoms with van der Waals surface area (Å²) in [5, 5.41) is 11.5. The van der Waals surface area contributed by atoms with Crippen LogP contribution in [-0.2, 0) is 6.54 Å². The Bertz CT molecular complexity index is 822. The van der Waals surface area contributed by atoms with Crippen molar-refractivity contribution in [2.75, 3.05) is 0 Å². The molecule has 1 amide bonds. The molecular weight excluding hydrogens is 374 g/mol. The molecule has 4 nitrogen and oxygen atoms in total. The third-order valence-electron chi connectivity index (χ3n) is 3.62. The molecule has 0 aliphatic rings. The van der Waals surface area contributed by atoms with E-state index in [1.807, 2.05) is 54.9 Å². The van der Waals surface area contributed by atoms with Gasteiger partial charge in [0.1, 0.15) is 0 Å². The first-order valence-corrected chi connectivity index (χ1v) is 8.91. The molecule has 0 unspecified atom stereocenters. The van der Waals surface area contributed by atoms with Crippen LogP contribution in [-0.4, -0.2) is 15.7 Å². The lowest BCUT2D eigenvalue weighted by Gasteiger charge is -2.06. The Morgan fingerprint density at radius 3 is 2.65 bits per heavy atom. The number of amides is 1. The first kappa shape index (κ1) is 16.0. The molecule has 2 aromatic heterocycles. The van der Waals surface area contributed by atoms with Gasteiger partial charge in [-0.15, -0.1) is 0 Å². The zero-order valence-electron chi connectivity index (χ0n) is 12.8. The lowest BCUT2D eigenvalue weighted by Crippen LogP contribution is -2.23. The molecule has 0 radical (unpaired) electrons. The fraction of sp³-hybridized carbons (Fsp3) is 0.176. The van der Waals surface area contributed by atoms with Crippen molar-refractivity contribution in [1.29, 1.82) is 0 Å². The van der Waals surface area contributed by atoms with E-state index in [-0.39, 0.29) is 5.91 Å². The molecule has 0 fully saturated rings. The van der Waals surface area contributed by atoms with Gasteiger partial charge in [0.15, 0.2) is 0 Å². The van der Waals surface area contributed by atoms with Crippen molar-refractivity contribution in [3.8, 4) is 5.69 Å². The topological polar surface area (TPSA) is 46.9 Å². The molecule has 0 atom stereocenters. The largest absolute Gasteiger partial charge is 0.348 e. The molecule has 0 aliphatic carbocycles. The highest BCUT2D eigenvalue weighted by Crippen LogP contribution is 2.20. The number of carbonyl (C=O) groups excluding carboxylic acids is 1. The molecule has 0 saturated heterocycles. The summed E-state index contributed by atoms with van der Waals surface area (Å²) in [6.45, 7) is 4.31. The van der Waals surface area contributed by atoms with E-state index in [2.05, 4.69) is 26.3 Å². The van der Waals surface area contributed by atoms with Gasteiger partial charge in [0, 0.05) is 11.0 Å².